The summed E-state index contributed by atoms with van der Waals surface area (Å²) in [6, 6.07) is 0. The predicted octanol–water partition coefficient (Wildman–Crippen LogP) is 1.45. The lowest BCUT2D eigenvalue weighted by Crippen LogP contribution is -2.18. The Morgan fingerprint density at radius 1 is 1.29 bits per heavy atom. The van der Waals surface area contributed by atoms with E-state index in [1.807, 2.05) is 6.92 Å². The Labute approximate surface area is 83.8 Å². The van der Waals surface area contributed by atoms with Gasteiger partial charge in [-0.25, -0.2) is 4.79 Å². The predicted molar refractivity (Wildman–Crippen MR) is 53.7 cm³/mol. The van der Waals surface area contributed by atoms with Crippen LogP contribution >= 0.6 is 0 Å². The van der Waals surface area contributed by atoms with E-state index in [0.29, 0.717) is 6.42 Å². The molecular formula is C10H17NO3. The number of rotatable bonds is 6. The zero-order chi connectivity index (χ0) is 11.1. The van der Waals surface area contributed by atoms with Gasteiger partial charge in [-0.2, -0.15) is 0 Å². The van der Waals surface area contributed by atoms with E-state index >= 15 is 0 Å². The van der Waals surface area contributed by atoms with Gasteiger partial charge in [-0.05, 0) is 19.8 Å². The van der Waals surface area contributed by atoms with Crippen LogP contribution in [0.2, 0.25) is 0 Å². The third kappa shape index (κ3) is 4.07. The van der Waals surface area contributed by atoms with Gasteiger partial charge in [-0.3, -0.25) is 4.79 Å². The Morgan fingerprint density at radius 3 is 2.21 bits per heavy atom. The first-order chi connectivity index (χ1) is 6.50. The number of amides is 1. The van der Waals surface area contributed by atoms with Crippen LogP contribution in [0.4, 0.5) is 0 Å². The molecule has 0 spiro atoms. The average molecular weight is 199 g/mol. The van der Waals surface area contributed by atoms with E-state index in [4.69, 9.17) is 10.8 Å². The van der Waals surface area contributed by atoms with Gasteiger partial charge in [-0.15, -0.1) is 0 Å². The molecule has 4 heteroatoms. The van der Waals surface area contributed by atoms with Gasteiger partial charge in [0.2, 0.25) is 5.91 Å². The van der Waals surface area contributed by atoms with Crippen LogP contribution in [0.5, 0.6) is 0 Å². The molecule has 0 aromatic carbocycles. The van der Waals surface area contributed by atoms with Crippen LogP contribution in [-0.4, -0.2) is 17.0 Å². The van der Waals surface area contributed by atoms with E-state index in [1.54, 1.807) is 0 Å². The number of hydrogen-bond acceptors (Lipinski definition) is 2. The Balaban J connectivity index is 4.52. The topological polar surface area (TPSA) is 80.4 Å². The van der Waals surface area contributed by atoms with Gasteiger partial charge >= 0.3 is 5.97 Å². The van der Waals surface area contributed by atoms with Gasteiger partial charge in [0.1, 0.15) is 0 Å². The van der Waals surface area contributed by atoms with Crippen molar-refractivity contribution >= 4 is 11.9 Å². The Hall–Kier alpha value is -1.32. The van der Waals surface area contributed by atoms with Crippen molar-refractivity contribution in [1.82, 2.24) is 0 Å². The van der Waals surface area contributed by atoms with E-state index in [2.05, 4.69) is 0 Å². The lowest BCUT2D eigenvalue weighted by atomic mass is 10.0. The van der Waals surface area contributed by atoms with Crippen molar-refractivity contribution in [3.05, 3.63) is 11.1 Å². The number of carboxylic acid groups (broad SMARTS) is 1. The minimum absolute atomic E-state index is 0.0635. The van der Waals surface area contributed by atoms with Crippen molar-refractivity contribution < 1.29 is 14.7 Å². The average Bonchev–Trinajstić information content (AvgIpc) is 2.10. The lowest BCUT2D eigenvalue weighted by molar-refractivity contribution is -0.133. The molecular weight excluding hydrogens is 182 g/mol. The standard InChI is InChI=1S/C10H17NO3/c1-3-4-5-6-8(9(11)12)7(2)10(13)14/h3-6H2,1-2H3,(H2,11,12)(H,13,14). The smallest absolute Gasteiger partial charge is 0.331 e. The molecule has 0 aliphatic heterocycles. The number of primary amides is 1. The molecule has 3 N–H and O–H groups in total. The third-order valence-corrected chi connectivity index (χ3v) is 2.10. The molecule has 14 heavy (non-hydrogen) atoms. The zero-order valence-electron chi connectivity index (χ0n) is 8.67. The summed E-state index contributed by atoms with van der Waals surface area (Å²) in [6.07, 6.45) is 3.27. The number of nitrogens with two attached hydrogens (primary N) is 1. The van der Waals surface area contributed by atoms with Crippen LogP contribution in [0.1, 0.15) is 39.5 Å². The molecule has 0 atom stereocenters. The van der Waals surface area contributed by atoms with Gasteiger partial charge in [0.15, 0.2) is 0 Å². The van der Waals surface area contributed by atoms with Gasteiger partial charge in [0.05, 0.1) is 0 Å². The largest absolute Gasteiger partial charge is 0.478 e. The van der Waals surface area contributed by atoms with Gasteiger partial charge in [0.25, 0.3) is 0 Å². The molecule has 0 bridgehead atoms. The molecule has 0 saturated carbocycles. The van der Waals surface area contributed by atoms with E-state index in [1.165, 1.54) is 6.92 Å². The summed E-state index contributed by atoms with van der Waals surface area (Å²) in [6.45, 7) is 3.45. The fourth-order valence-corrected chi connectivity index (χ4v) is 1.18. The molecule has 0 unspecified atom stereocenters. The van der Waals surface area contributed by atoms with Gasteiger partial charge < -0.3 is 10.8 Å². The highest BCUT2D eigenvalue weighted by Gasteiger charge is 2.13. The first kappa shape index (κ1) is 12.7. The highest BCUT2D eigenvalue weighted by molar-refractivity contribution is 6.00. The molecule has 0 radical (unpaired) electrons. The molecule has 0 aliphatic rings. The second-order valence-corrected chi connectivity index (χ2v) is 3.23. The van der Waals surface area contributed by atoms with E-state index in [-0.39, 0.29) is 11.1 Å². The molecule has 1 amide bonds. The van der Waals surface area contributed by atoms with E-state index < -0.39 is 11.9 Å². The molecule has 0 aromatic rings. The molecule has 0 heterocycles. The summed E-state index contributed by atoms with van der Waals surface area (Å²) in [5.74, 6) is -1.70. The molecule has 0 saturated heterocycles. The van der Waals surface area contributed by atoms with E-state index in [9.17, 15) is 9.59 Å². The fraction of sp³-hybridized carbons (Fsp3) is 0.600. The summed E-state index contributed by atoms with van der Waals surface area (Å²) >= 11 is 0. The Kier molecular flexibility index (Phi) is 5.60. The lowest BCUT2D eigenvalue weighted by Gasteiger charge is -2.05. The molecule has 80 valence electrons. The molecule has 0 fully saturated rings. The minimum Gasteiger partial charge on any atom is -0.478 e. The number of carboxylic acids is 1. The van der Waals surface area contributed by atoms with Crippen molar-refractivity contribution in [1.29, 1.82) is 0 Å². The van der Waals surface area contributed by atoms with Crippen molar-refractivity contribution in [2.24, 2.45) is 5.73 Å². The van der Waals surface area contributed by atoms with Gasteiger partial charge in [0, 0.05) is 11.1 Å². The van der Waals surface area contributed by atoms with Gasteiger partial charge in [-0.1, -0.05) is 19.8 Å². The maximum Gasteiger partial charge on any atom is 0.331 e. The maximum absolute atomic E-state index is 10.9. The van der Waals surface area contributed by atoms with Crippen LogP contribution in [0.25, 0.3) is 0 Å². The van der Waals surface area contributed by atoms with E-state index in [0.717, 1.165) is 19.3 Å². The first-order valence-corrected chi connectivity index (χ1v) is 4.73. The number of aliphatic carboxylic acids is 1. The SMILES string of the molecule is CCCCCC(C(N)=O)=C(C)C(=O)O. The number of carbonyl (C=O) groups is 2. The van der Waals surface area contributed by atoms with Crippen molar-refractivity contribution in [2.45, 2.75) is 39.5 Å². The van der Waals surface area contributed by atoms with Crippen LogP contribution in [0.3, 0.4) is 0 Å². The van der Waals surface area contributed by atoms with Crippen LogP contribution in [-0.2, 0) is 9.59 Å². The summed E-state index contributed by atoms with van der Waals surface area (Å²) in [5.41, 5.74) is 5.40. The highest BCUT2D eigenvalue weighted by atomic mass is 16.4. The summed E-state index contributed by atoms with van der Waals surface area (Å²) < 4.78 is 0. The van der Waals surface area contributed by atoms with Crippen molar-refractivity contribution in [2.75, 3.05) is 0 Å². The molecule has 0 aliphatic carbocycles. The molecule has 0 rings (SSSR count). The van der Waals surface area contributed by atoms with Crippen LogP contribution < -0.4 is 5.73 Å². The zero-order valence-corrected chi connectivity index (χ0v) is 8.67. The summed E-state index contributed by atoms with van der Waals surface area (Å²) in [7, 11) is 0. The van der Waals surface area contributed by atoms with Crippen molar-refractivity contribution in [3.63, 3.8) is 0 Å². The number of unbranched alkanes of at least 4 members (excludes halogenated alkanes) is 2. The molecule has 4 nitrogen and oxygen atoms in total. The second kappa shape index (κ2) is 6.18. The quantitative estimate of drug-likeness (QED) is 0.502. The van der Waals surface area contributed by atoms with Crippen LogP contribution in [0.15, 0.2) is 11.1 Å². The summed E-state index contributed by atoms with van der Waals surface area (Å²) in [5, 5.41) is 8.69. The number of carbonyl (C=O) groups excluding carboxylic acids is 1. The second-order valence-electron chi connectivity index (χ2n) is 3.23. The van der Waals surface area contributed by atoms with Crippen molar-refractivity contribution in [3.8, 4) is 0 Å². The highest BCUT2D eigenvalue weighted by Crippen LogP contribution is 2.13. The summed E-state index contributed by atoms with van der Waals surface area (Å²) in [4.78, 5) is 21.6. The Bertz CT molecular complexity index is 256. The third-order valence-electron chi connectivity index (χ3n) is 2.10. The molecule has 0 aromatic heterocycles. The fourth-order valence-electron chi connectivity index (χ4n) is 1.18. The normalized spacial score (nSPS) is 12.1. The monoisotopic (exact) mass is 199 g/mol. The van der Waals surface area contributed by atoms with Crippen LogP contribution in [0, 0.1) is 0 Å². The minimum atomic E-state index is -1.07. The first-order valence-electron chi connectivity index (χ1n) is 4.73. The maximum atomic E-state index is 10.9. The number of hydrogen-bond donors (Lipinski definition) is 2. The Morgan fingerprint density at radius 2 is 1.86 bits per heavy atom.